The van der Waals surface area contributed by atoms with Crippen molar-refractivity contribution in [2.45, 2.75) is 40.5 Å². The second-order valence-electron chi connectivity index (χ2n) is 5.70. The lowest BCUT2D eigenvalue weighted by Crippen LogP contribution is -2.34. The van der Waals surface area contributed by atoms with Gasteiger partial charge in [0.15, 0.2) is 0 Å². The summed E-state index contributed by atoms with van der Waals surface area (Å²) >= 11 is 0. The summed E-state index contributed by atoms with van der Waals surface area (Å²) in [7, 11) is 0. The zero-order chi connectivity index (χ0) is 17.0. The van der Waals surface area contributed by atoms with Crippen LogP contribution in [0.5, 0.6) is 0 Å². The first-order valence-corrected chi connectivity index (χ1v) is 7.98. The molecule has 0 unspecified atom stereocenters. The first kappa shape index (κ1) is 17.2. The lowest BCUT2D eigenvalue weighted by atomic mass is 10.2. The van der Waals surface area contributed by atoms with Crippen LogP contribution in [0.4, 0.5) is 5.88 Å². The van der Waals surface area contributed by atoms with Gasteiger partial charge in [-0.25, -0.2) is 5.10 Å². The van der Waals surface area contributed by atoms with Gasteiger partial charge >= 0.3 is 0 Å². The Kier molecular flexibility index (Phi) is 5.54. The van der Waals surface area contributed by atoms with Crippen LogP contribution in [0.15, 0.2) is 9.21 Å². The van der Waals surface area contributed by atoms with E-state index in [1.807, 2.05) is 0 Å². The number of aromatic nitrogens is 2. The van der Waals surface area contributed by atoms with Gasteiger partial charge in [0.05, 0.1) is 17.6 Å². The molecule has 0 saturated carbocycles. The number of fused-ring (bicyclic) bond motifs is 1. The Bertz CT molecular complexity index is 742. The highest BCUT2D eigenvalue weighted by Crippen LogP contribution is 2.28. The third kappa shape index (κ3) is 3.79. The zero-order valence-electron chi connectivity index (χ0n) is 14.2. The normalized spacial score (nSPS) is 11.3. The van der Waals surface area contributed by atoms with E-state index in [2.05, 4.69) is 34.3 Å². The van der Waals surface area contributed by atoms with Gasteiger partial charge in [-0.15, -0.1) is 0 Å². The third-order valence-electron chi connectivity index (χ3n) is 3.70. The summed E-state index contributed by atoms with van der Waals surface area (Å²) in [5.74, 6) is 0.587. The lowest BCUT2D eigenvalue weighted by Gasteiger charge is -2.19. The predicted molar refractivity (Wildman–Crippen MR) is 89.8 cm³/mol. The number of aromatic amines is 1. The van der Waals surface area contributed by atoms with Crippen molar-refractivity contribution in [2.75, 3.05) is 25.0 Å². The average Bonchev–Trinajstić information content (AvgIpc) is 2.81. The summed E-state index contributed by atoms with van der Waals surface area (Å²) in [4.78, 5) is 26.4. The van der Waals surface area contributed by atoms with Crippen LogP contribution in [0.2, 0.25) is 0 Å². The molecule has 0 atom stereocenters. The molecule has 2 N–H and O–H groups in total. The van der Waals surface area contributed by atoms with E-state index < -0.39 is 0 Å². The predicted octanol–water partition coefficient (Wildman–Crippen LogP) is 2.19. The summed E-state index contributed by atoms with van der Waals surface area (Å²) in [5.41, 5.74) is 0.302. The number of furan rings is 1. The fourth-order valence-corrected chi connectivity index (χ4v) is 2.80. The van der Waals surface area contributed by atoms with Gasteiger partial charge in [-0.3, -0.25) is 19.8 Å². The number of hydrogen-bond acceptors (Lipinski definition) is 5. The highest BCUT2D eigenvalue weighted by atomic mass is 16.4. The van der Waals surface area contributed by atoms with Crippen LogP contribution in [0.25, 0.3) is 10.8 Å². The lowest BCUT2D eigenvalue weighted by molar-refractivity contribution is -0.117. The molecule has 0 spiro atoms. The smallest absolute Gasteiger partial charge is 0.277 e. The van der Waals surface area contributed by atoms with Crippen LogP contribution >= 0.6 is 0 Å². The van der Waals surface area contributed by atoms with Crippen molar-refractivity contribution in [3.8, 4) is 0 Å². The van der Waals surface area contributed by atoms with Gasteiger partial charge in [-0.1, -0.05) is 13.8 Å². The molecular formula is C16H24N4O3. The Labute approximate surface area is 135 Å². The maximum atomic E-state index is 12.3. The quantitative estimate of drug-likeness (QED) is 0.816. The Morgan fingerprint density at radius 2 is 1.87 bits per heavy atom. The van der Waals surface area contributed by atoms with Crippen LogP contribution in [0, 0.1) is 13.8 Å². The van der Waals surface area contributed by atoms with Gasteiger partial charge in [0, 0.05) is 0 Å². The van der Waals surface area contributed by atoms with Crippen LogP contribution in [0.1, 0.15) is 38.1 Å². The van der Waals surface area contributed by atoms with E-state index in [0.29, 0.717) is 22.2 Å². The minimum Gasteiger partial charge on any atom is -0.444 e. The van der Waals surface area contributed by atoms with E-state index >= 15 is 0 Å². The Morgan fingerprint density at radius 1 is 1.22 bits per heavy atom. The molecule has 0 saturated heterocycles. The second kappa shape index (κ2) is 7.41. The van der Waals surface area contributed by atoms with Gasteiger partial charge in [0.25, 0.3) is 5.56 Å². The van der Waals surface area contributed by atoms with Crippen LogP contribution in [-0.4, -0.2) is 40.6 Å². The number of anilines is 1. The molecule has 1 amide bonds. The van der Waals surface area contributed by atoms with Crippen LogP contribution in [0.3, 0.4) is 0 Å². The number of carbonyl (C=O) groups excluding carboxylic acids is 1. The summed E-state index contributed by atoms with van der Waals surface area (Å²) in [5, 5.41) is 10.1. The van der Waals surface area contributed by atoms with Crippen LogP contribution < -0.4 is 10.9 Å². The molecule has 7 nitrogen and oxygen atoms in total. The molecule has 0 aliphatic heterocycles. The van der Waals surface area contributed by atoms with E-state index in [1.54, 1.807) is 13.8 Å². The van der Waals surface area contributed by atoms with Crippen LogP contribution in [-0.2, 0) is 4.79 Å². The standard InChI is InChI=1S/C16H24N4O3/c1-5-7-20(8-6-2)9-12(21)17-16-14-13(11(4)23-16)10(3)18-19-15(14)22/h5-9H2,1-4H3,(H,17,21)(H,19,22). The first-order valence-electron chi connectivity index (χ1n) is 7.98. The van der Waals surface area contributed by atoms with E-state index in [1.165, 1.54) is 0 Å². The van der Waals surface area contributed by atoms with Gasteiger partial charge in [-0.05, 0) is 39.8 Å². The van der Waals surface area contributed by atoms with Crippen molar-refractivity contribution < 1.29 is 9.21 Å². The molecule has 23 heavy (non-hydrogen) atoms. The molecular weight excluding hydrogens is 296 g/mol. The zero-order valence-corrected chi connectivity index (χ0v) is 14.2. The molecule has 2 rings (SSSR count). The molecule has 0 fully saturated rings. The van der Waals surface area contributed by atoms with E-state index in [0.717, 1.165) is 25.9 Å². The van der Waals surface area contributed by atoms with E-state index in [9.17, 15) is 9.59 Å². The molecule has 0 aliphatic carbocycles. The number of hydrogen-bond donors (Lipinski definition) is 2. The number of nitrogens with one attached hydrogen (secondary N) is 2. The topological polar surface area (TPSA) is 91.2 Å². The van der Waals surface area contributed by atoms with Crippen molar-refractivity contribution in [1.29, 1.82) is 0 Å². The van der Waals surface area contributed by atoms with Crippen molar-refractivity contribution in [2.24, 2.45) is 0 Å². The highest BCUT2D eigenvalue weighted by Gasteiger charge is 2.19. The van der Waals surface area contributed by atoms with Crippen molar-refractivity contribution in [3.63, 3.8) is 0 Å². The number of aryl methyl sites for hydroxylation is 2. The first-order chi connectivity index (χ1) is 11.0. The van der Waals surface area contributed by atoms with E-state index in [-0.39, 0.29) is 23.9 Å². The summed E-state index contributed by atoms with van der Waals surface area (Å²) in [6.45, 7) is 9.72. The molecule has 2 aromatic rings. The Hall–Kier alpha value is -2.15. The second-order valence-corrected chi connectivity index (χ2v) is 5.70. The Morgan fingerprint density at radius 3 is 2.48 bits per heavy atom. The minimum atomic E-state index is -0.364. The molecule has 2 aromatic heterocycles. The molecule has 0 aromatic carbocycles. The third-order valence-corrected chi connectivity index (χ3v) is 3.70. The molecule has 0 radical (unpaired) electrons. The van der Waals surface area contributed by atoms with Gasteiger partial charge in [-0.2, -0.15) is 5.10 Å². The van der Waals surface area contributed by atoms with E-state index in [4.69, 9.17) is 4.42 Å². The molecule has 2 heterocycles. The summed E-state index contributed by atoms with van der Waals surface area (Å²) in [6.07, 6.45) is 1.97. The average molecular weight is 320 g/mol. The Balaban J connectivity index is 2.23. The molecule has 0 bridgehead atoms. The molecule has 7 heteroatoms. The minimum absolute atomic E-state index is 0.184. The summed E-state index contributed by atoms with van der Waals surface area (Å²) in [6, 6.07) is 0. The van der Waals surface area contributed by atoms with Gasteiger partial charge in [0.1, 0.15) is 11.1 Å². The number of nitrogens with zero attached hydrogens (tertiary/aromatic N) is 2. The van der Waals surface area contributed by atoms with Gasteiger partial charge < -0.3 is 4.42 Å². The fraction of sp³-hybridized carbons (Fsp3) is 0.562. The van der Waals surface area contributed by atoms with Gasteiger partial charge in [0.2, 0.25) is 11.8 Å². The fourth-order valence-electron chi connectivity index (χ4n) is 2.80. The number of rotatable bonds is 7. The van der Waals surface area contributed by atoms with Crippen molar-refractivity contribution in [1.82, 2.24) is 15.1 Å². The number of H-pyrrole nitrogens is 1. The summed E-state index contributed by atoms with van der Waals surface area (Å²) < 4.78 is 5.59. The monoisotopic (exact) mass is 320 g/mol. The number of amides is 1. The SMILES string of the molecule is CCCN(CCC)CC(=O)Nc1oc(C)c2c(C)n[nH]c(=O)c12. The maximum Gasteiger partial charge on any atom is 0.277 e. The largest absolute Gasteiger partial charge is 0.444 e. The highest BCUT2D eigenvalue weighted by molar-refractivity contribution is 6.01. The molecule has 126 valence electrons. The molecule has 0 aliphatic rings. The maximum absolute atomic E-state index is 12.3. The van der Waals surface area contributed by atoms with Crippen molar-refractivity contribution >= 4 is 22.6 Å². The number of carbonyl (C=O) groups is 1. The van der Waals surface area contributed by atoms with Crippen molar-refractivity contribution in [3.05, 3.63) is 21.8 Å².